The van der Waals surface area contributed by atoms with Crippen LogP contribution < -0.4 is 9.64 Å². The van der Waals surface area contributed by atoms with E-state index in [4.69, 9.17) is 4.74 Å². The van der Waals surface area contributed by atoms with Crippen LogP contribution in [0.25, 0.3) is 5.76 Å². The molecule has 1 atom stereocenters. The fraction of sp³-hybridized carbons (Fsp3) is 0.192. The number of carbonyl (C=O) groups excluding carboxylic acids is 2. The van der Waals surface area contributed by atoms with Gasteiger partial charge in [0.2, 0.25) is 0 Å². The number of aliphatic hydroxyl groups excluding tert-OH is 1. The number of hydrogen-bond acceptors (Lipinski definition) is 5. The van der Waals surface area contributed by atoms with Gasteiger partial charge in [0.15, 0.2) is 0 Å². The molecular formula is C26H24N2O4. The number of methoxy groups -OCH3 is 1. The van der Waals surface area contributed by atoms with Crippen molar-refractivity contribution >= 4 is 23.3 Å². The highest BCUT2D eigenvalue weighted by Crippen LogP contribution is 2.42. The molecule has 32 heavy (non-hydrogen) atoms. The van der Waals surface area contributed by atoms with Gasteiger partial charge in [-0.15, -0.1) is 0 Å². The fourth-order valence-corrected chi connectivity index (χ4v) is 3.87. The third-order valence-electron chi connectivity index (χ3n) is 5.60. The minimum Gasteiger partial charge on any atom is -0.507 e. The smallest absolute Gasteiger partial charge is 0.301 e. The van der Waals surface area contributed by atoms with Crippen LogP contribution in [0.15, 0.2) is 78.5 Å². The topological polar surface area (TPSA) is 79.7 Å². The highest BCUT2D eigenvalue weighted by Gasteiger charge is 2.47. The average Bonchev–Trinajstić information content (AvgIpc) is 3.09. The molecular weight excluding hydrogens is 404 g/mol. The maximum atomic E-state index is 13.1. The summed E-state index contributed by atoms with van der Waals surface area (Å²) in [6, 6.07) is 18.8. The van der Waals surface area contributed by atoms with Crippen LogP contribution in [0.3, 0.4) is 0 Å². The lowest BCUT2D eigenvalue weighted by Crippen LogP contribution is -2.30. The quantitative estimate of drug-likeness (QED) is 0.357. The van der Waals surface area contributed by atoms with Gasteiger partial charge in [-0.3, -0.25) is 14.5 Å². The average molecular weight is 428 g/mol. The molecule has 2 heterocycles. The van der Waals surface area contributed by atoms with E-state index in [1.165, 1.54) is 12.0 Å². The van der Waals surface area contributed by atoms with Crippen molar-refractivity contribution in [1.82, 2.24) is 4.98 Å². The summed E-state index contributed by atoms with van der Waals surface area (Å²) in [6.45, 7) is 4.19. The normalized spacial score (nSPS) is 17.8. The van der Waals surface area contributed by atoms with Crippen LogP contribution >= 0.6 is 0 Å². The van der Waals surface area contributed by atoms with Crippen LogP contribution in [0.4, 0.5) is 5.82 Å². The molecule has 6 nitrogen and oxygen atoms in total. The number of anilines is 1. The first-order chi connectivity index (χ1) is 15.4. The molecule has 6 heteroatoms. The van der Waals surface area contributed by atoms with Crippen LogP contribution in [-0.2, 0) is 9.59 Å². The summed E-state index contributed by atoms with van der Waals surface area (Å²) >= 11 is 0. The summed E-state index contributed by atoms with van der Waals surface area (Å²) in [7, 11) is 1.52. The van der Waals surface area contributed by atoms with E-state index in [2.05, 4.69) is 18.8 Å². The second-order valence-electron chi connectivity index (χ2n) is 7.91. The van der Waals surface area contributed by atoms with Crippen LogP contribution in [0, 0.1) is 0 Å². The number of benzene rings is 2. The summed E-state index contributed by atoms with van der Waals surface area (Å²) < 4.78 is 5.25. The Morgan fingerprint density at radius 3 is 2.41 bits per heavy atom. The second-order valence-corrected chi connectivity index (χ2v) is 7.91. The highest BCUT2D eigenvalue weighted by atomic mass is 16.5. The molecule has 1 aliphatic heterocycles. The van der Waals surface area contributed by atoms with Crippen LogP contribution in [0.2, 0.25) is 0 Å². The summed E-state index contributed by atoms with van der Waals surface area (Å²) in [5, 5.41) is 11.2. The first kappa shape index (κ1) is 21.3. The minimum atomic E-state index is -0.808. The Kier molecular flexibility index (Phi) is 5.77. The first-order valence-corrected chi connectivity index (χ1v) is 10.4. The highest BCUT2D eigenvalue weighted by molar-refractivity contribution is 6.51. The number of ketones is 1. The monoisotopic (exact) mass is 428 g/mol. The van der Waals surface area contributed by atoms with Crippen molar-refractivity contribution in [2.24, 2.45) is 0 Å². The van der Waals surface area contributed by atoms with Gasteiger partial charge in [-0.25, -0.2) is 4.98 Å². The number of rotatable bonds is 5. The zero-order valence-corrected chi connectivity index (χ0v) is 18.1. The van der Waals surface area contributed by atoms with Crippen molar-refractivity contribution in [2.45, 2.75) is 25.8 Å². The molecule has 0 bridgehead atoms. The standard InChI is InChI=1S/C26H24N2O4/c1-16(2)17-10-12-18(13-11-17)23-22(24(29)19-7-6-8-20(15-19)32-3)25(30)26(31)28(23)21-9-4-5-14-27-21/h4-16,23,29H,1-3H3/t23-/m0/s1. The van der Waals surface area contributed by atoms with Gasteiger partial charge in [0, 0.05) is 11.8 Å². The predicted molar refractivity (Wildman–Crippen MR) is 123 cm³/mol. The maximum absolute atomic E-state index is 13.1. The number of ether oxygens (including phenoxy) is 1. The SMILES string of the molecule is COc1cccc(C(O)=C2C(=O)C(=O)N(c3ccccn3)[C@H]2c2ccc(C(C)C)cc2)c1. The Morgan fingerprint density at radius 2 is 1.78 bits per heavy atom. The lowest BCUT2D eigenvalue weighted by atomic mass is 9.93. The Morgan fingerprint density at radius 1 is 1.03 bits per heavy atom. The van der Waals surface area contributed by atoms with E-state index in [1.807, 2.05) is 24.3 Å². The fourth-order valence-electron chi connectivity index (χ4n) is 3.87. The van der Waals surface area contributed by atoms with Crippen molar-refractivity contribution in [3.8, 4) is 5.75 Å². The Labute approximate surface area is 186 Å². The zero-order valence-electron chi connectivity index (χ0n) is 18.1. The summed E-state index contributed by atoms with van der Waals surface area (Å²) in [4.78, 5) is 31.9. The van der Waals surface area contributed by atoms with Crippen molar-refractivity contribution < 1.29 is 19.4 Å². The molecule has 1 aromatic heterocycles. The molecule has 0 aliphatic carbocycles. The Bertz CT molecular complexity index is 1180. The number of hydrogen-bond donors (Lipinski definition) is 1. The van der Waals surface area contributed by atoms with E-state index in [1.54, 1.807) is 48.7 Å². The number of aliphatic hydroxyl groups is 1. The second kappa shape index (κ2) is 8.67. The number of Topliss-reactive ketones (excluding diaryl/α,β-unsaturated/α-hetero) is 1. The lowest BCUT2D eigenvalue weighted by Gasteiger charge is -2.24. The first-order valence-electron chi connectivity index (χ1n) is 10.4. The third kappa shape index (κ3) is 3.75. The van der Waals surface area contributed by atoms with Gasteiger partial charge in [-0.05, 0) is 41.3 Å². The van der Waals surface area contributed by atoms with Gasteiger partial charge in [0.05, 0.1) is 18.7 Å². The molecule has 162 valence electrons. The number of amides is 1. The van der Waals surface area contributed by atoms with E-state index >= 15 is 0 Å². The molecule has 3 aromatic rings. The molecule has 1 amide bonds. The molecule has 0 unspecified atom stereocenters. The van der Waals surface area contributed by atoms with E-state index < -0.39 is 17.7 Å². The maximum Gasteiger partial charge on any atom is 0.301 e. The lowest BCUT2D eigenvalue weighted by molar-refractivity contribution is -0.132. The molecule has 4 rings (SSSR count). The van der Waals surface area contributed by atoms with Gasteiger partial charge in [-0.2, -0.15) is 0 Å². The van der Waals surface area contributed by atoms with E-state index in [0.29, 0.717) is 28.6 Å². The molecule has 2 aromatic carbocycles. The van der Waals surface area contributed by atoms with E-state index in [0.717, 1.165) is 5.56 Å². The van der Waals surface area contributed by atoms with Crippen molar-refractivity contribution in [1.29, 1.82) is 0 Å². The number of carbonyl (C=O) groups is 2. The van der Waals surface area contributed by atoms with E-state index in [9.17, 15) is 14.7 Å². The zero-order chi connectivity index (χ0) is 22.8. The molecule has 1 saturated heterocycles. The van der Waals surface area contributed by atoms with Gasteiger partial charge in [0.1, 0.15) is 17.3 Å². The molecule has 1 N–H and O–H groups in total. The van der Waals surface area contributed by atoms with Gasteiger partial charge in [0.25, 0.3) is 5.78 Å². The van der Waals surface area contributed by atoms with Crippen molar-refractivity contribution in [3.05, 3.63) is 95.2 Å². The Balaban J connectivity index is 1.92. The summed E-state index contributed by atoms with van der Waals surface area (Å²) in [5.41, 5.74) is 2.26. The predicted octanol–water partition coefficient (Wildman–Crippen LogP) is 4.84. The third-order valence-corrected chi connectivity index (χ3v) is 5.60. The van der Waals surface area contributed by atoms with E-state index in [-0.39, 0.29) is 11.3 Å². The van der Waals surface area contributed by atoms with Crippen LogP contribution in [0.1, 0.15) is 42.5 Å². The van der Waals surface area contributed by atoms with Crippen molar-refractivity contribution in [3.63, 3.8) is 0 Å². The molecule has 0 saturated carbocycles. The Hall–Kier alpha value is -3.93. The summed E-state index contributed by atoms with van der Waals surface area (Å²) in [5.74, 6) is -0.523. The van der Waals surface area contributed by atoms with Crippen LogP contribution in [-0.4, -0.2) is 28.9 Å². The molecule has 1 fully saturated rings. The largest absolute Gasteiger partial charge is 0.507 e. The van der Waals surface area contributed by atoms with Crippen molar-refractivity contribution in [2.75, 3.05) is 12.0 Å². The summed E-state index contributed by atoms with van der Waals surface area (Å²) in [6.07, 6.45) is 1.57. The number of pyridine rings is 1. The van der Waals surface area contributed by atoms with Gasteiger partial charge < -0.3 is 9.84 Å². The van der Waals surface area contributed by atoms with Gasteiger partial charge in [-0.1, -0.05) is 56.3 Å². The van der Waals surface area contributed by atoms with Gasteiger partial charge >= 0.3 is 5.91 Å². The minimum absolute atomic E-state index is 0.0196. The molecule has 1 aliphatic rings. The number of aromatic nitrogens is 1. The molecule has 0 radical (unpaired) electrons. The molecule has 0 spiro atoms. The number of nitrogens with zero attached hydrogens (tertiary/aromatic N) is 2. The van der Waals surface area contributed by atoms with Crippen LogP contribution in [0.5, 0.6) is 5.75 Å².